The van der Waals surface area contributed by atoms with Gasteiger partial charge in [0.2, 0.25) is 5.88 Å². The number of aromatic nitrogens is 2. The molecule has 0 saturated heterocycles. The van der Waals surface area contributed by atoms with Crippen molar-refractivity contribution in [1.29, 1.82) is 0 Å². The Morgan fingerprint density at radius 1 is 1.47 bits per heavy atom. The summed E-state index contributed by atoms with van der Waals surface area (Å²) in [4.78, 5) is 2.21. The van der Waals surface area contributed by atoms with Crippen LogP contribution in [0.1, 0.15) is 12.8 Å². The Balaban J connectivity index is 2.10. The number of rotatable bonds is 5. The molecule has 1 saturated carbocycles. The molecule has 2 rings (SSSR count). The van der Waals surface area contributed by atoms with Gasteiger partial charge in [0.15, 0.2) is 5.82 Å². The summed E-state index contributed by atoms with van der Waals surface area (Å²) in [5.41, 5.74) is 5.57. The summed E-state index contributed by atoms with van der Waals surface area (Å²) < 4.78 is 4.97. The van der Waals surface area contributed by atoms with Crippen molar-refractivity contribution in [3.05, 3.63) is 12.1 Å². The summed E-state index contributed by atoms with van der Waals surface area (Å²) in [5, 5.41) is 8.08. The van der Waals surface area contributed by atoms with Crippen LogP contribution in [0.25, 0.3) is 0 Å². The molecule has 1 aliphatic rings. The lowest BCUT2D eigenvalue weighted by molar-refractivity contribution is 0.392. The van der Waals surface area contributed by atoms with Crippen LogP contribution in [-0.4, -0.2) is 36.4 Å². The molecule has 15 heavy (non-hydrogen) atoms. The van der Waals surface area contributed by atoms with E-state index in [9.17, 15) is 0 Å². The fraction of sp³-hybridized carbons (Fsp3) is 0.600. The van der Waals surface area contributed by atoms with Crippen LogP contribution in [-0.2, 0) is 0 Å². The number of nitrogens with zero attached hydrogens (tertiary/aromatic N) is 3. The van der Waals surface area contributed by atoms with Crippen molar-refractivity contribution in [3.63, 3.8) is 0 Å². The van der Waals surface area contributed by atoms with E-state index in [1.807, 2.05) is 12.1 Å². The number of hydrogen-bond donors (Lipinski definition) is 1. The molecule has 1 heterocycles. The predicted octanol–water partition coefficient (Wildman–Crippen LogP) is 0.413. The first-order valence-electron chi connectivity index (χ1n) is 5.19. The van der Waals surface area contributed by atoms with Gasteiger partial charge < -0.3 is 15.4 Å². The molecule has 0 aliphatic heterocycles. The molecule has 0 unspecified atom stereocenters. The smallest absolute Gasteiger partial charge is 0.233 e. The minimum Gasteiger partial charge on any atom is -0.480 e. The van der Waals surface area contributed by atoms with Crippen LogP contribution in [0.3, 0.4) is 0 Å². The molecular formula is C10H16N4O. The lowest BCUT2D eigenvalue weighted by Crippen LogP contribution is -2.32. The highest BCUT2D eigenvalue weighted by Crippen LogP contribution is 2.30. The van der Waals surface area contributed by atoms with Crippen molar-refractivity contribution >= 4 is 5.82 Å². The summed E-state index contributed by atoms with van der Waals surface area (Å²) >= 11 is 0. The van der Waals surface area contributed by atoms with E-state index in [1.54, 1.807) is 7.11 Å². The minimum atomic E-state index is 0.544. The summed E-state index contributed by atoms with van der Waals surface area (Å²) in [6.45, 7) is 1.48. The summed E-state index contributed by atoms with van der Waals surface area (Å²) in [6, 6.07) is 4.37. The topological polar surface area (TPSA) is 64.3 Å². The van der Waals surface area contributed by atoms with Crippen LogP contribution in [0, 0.1) is 0 Å². The first-order chi connectivity index (χ1) is 7.35. The maximum absolute atomic E-state index is 5.57. The van der Waals surface area contributed by atoms with E-state index in [1.165, 1.54) is 12.8 Å². The van der Waals surface area contributed by atoms with Gasteiger partial charge in [0.05, 0.1) is 7.11 Å². The van der Waals surface area contributed by atoms with Crippen LogP contribution in [0.4, 0.5) is 5.82 Å². The highest BCUT2D eigenvalue weighted by molar-refractivity contribution is 5.41. The molecular weight excluding hydrogens is 192 g/mol. The number of hydrogen-bond acceptors (Lipinski definition) is 5. The molecule has 0 aromatic carbocycles. The average Bonchev–Trinajstić information content (AvgIpc) is 3.10. The third kappa shape index (κ3) is 2.36. The molecule has 0 spiro atoms. The van der Waals surface area contributed by atoms with E-state index < -0.39 is 0 Å². The summed E-state index contributed by atoms with van der Waals surface area (Å²) in [6.07, 6.45) is 2.46. The Hall–Kier alpha value is -1.36. The molecule has 5 heteroatoms. The van der Waals surface area contributed by atoms with E-state index in [-0.39, 0.29) is 0 Å². The fourth-order valence-electron chi connectivity index (χ4n) is 1.58. The molecule has 0 radical (unpaired) electrons. The van der Waals surface area contributed by atoms with Crippen molar-refractivity contribution < 1.29 is 4.74 Å². The first kappa shape index (κ1) is 10.2. The van der Waals surface area contributed by atoms with Crippen LogP contribution in [0.2, 0.25) is 0 Å². The van der Waals surface area contributed by atoms with Gasteiger partial charge in [-0.1, -0.05) is 0 Å². The molecule has 1 aliphatic carbocycles. The van der Waals surface area contributed by atoms with E-state index in [4.69, 9.17) is 10.5 Å². The quantitative estimate of drug-likeness (QED) is 0.759. The first-order valence-corrected chi connectivity index (χ1v) is 5.19. The number of methoxy groups -OCH3 is 1. The van der Waals surface area contributed by atoms with Gasteiger partial charge in [-0.25, -0.2) is 0 Å². The van der Waals surface area contributed by atoms with Gasteiger partial charge in [0.1, 0.15) is 0 Å². The van der Waals surface area contributed by atoms with Crippen molar-refractivity contribution in [2.24, 2.45) is 5.73 Å². The molecule has 2 N–H and O–H groups in total. The SMILES string of the molecule is COc1ccc(N(CCN)C2CC2)nn1. The van der Waals surface area contributed by atoms with Crippen molar-refractivity contribution in [1.82, 2.24) is 10.2 Å². The van der Waals surface area contributed by atoms with E-state index in [2.05, 4.69) is 15.1 Å². The van der Waals surface area contributed by atoms with Crippen molar-refractivity contribution in [3.8, 4) is 5.88 Å². The Morgan fingerprint density at radius 3 is 2.73 bits per heavy atom. The van der Waals surface area contributed by atoms with Gasteiger partial charge in [-0.15, -0.1) is 10.2 Å². The number of anilines is 1. The Morgan fingerprint density at radius 2 is 2.27 bits per heavy atom. The van der Waals surface area contributed by atoms with E-state index in [0.29, 0.717) is 18.5 Å². The summed E-state index contributed by atoms with van der Waals surface area (Å²) in [5.74, 6) is 1.44. The van der Waals surface area contributed by atoms with Crippen molar-refractivity contribution in [2.45, 2.75) is 18.9 Å². The molecule has 5 nitrogen and oxygen atoms in total. The number of ether oxygens (including phenoxy) is 1. The third-order valence-electron chi connectivity index (χ3n) is 2.49. The van der Waals surface area contributed by atoms with E-state index >= 15 is 0 Å². The normalized spacial score (nSPS) is 15.1. The van der Waals surface area contributed by atoms with Gasteiger partial charge in [-0.3, -0.25) is 0 Å². The fourth-order valence-corrected chi connectivity index (χ4v) is 1.58. The second kappa shape index (κ2) is 4.44. The monoisotopic (exact) mass is 208 g/mol. The zero-order valence-electron chi connectivity index (χ0n) is 8.89. The van der Waals surface area contributed by atoms with Crippen molar-refractivity contribution in [2.75, 3.05) is 25.1 Å². The number of nitrogens with two attached hydrogens (primary N) is 1. The van der Waals surface area contributed by atoms with Gasteiger partial charge in [-0.2, -0.15) is 0 Å². The molecule has 1 fully saturated rings. The van der Waals surface area contributed by atoms with Gasteiger partial charge >= 0.3 is 0 Å². The lowest BCUT2D eigenvalue weighted by Gasteiger charge is -2.21. The zero-order valence-corrected chi connectivity index (χ0v) is 8.89. The third-order valence-corrected chi connectivity index (χ3v) is 2.49. The van der Waals surface area contributed by atoms with Crippen LogP contribution < -0.4 is 15.4 Å². The van der Waals surface area contributed by atoms with Gasteiger partial charge in [-0.05, 0) is 18.9 Å². The minimum absolute atomic E-state index is 0.544. The van der Waals surface area contributed by atoms with Gasteiger partial charge in [0.25, 0.3) is 0 Å². The second-order valence-electron chi connectivity index (χ2n) is 3.65. The largest absolute Gasteiger partial charge is 0.480 e. The summed E-state index contributed by atoms with van der Waals surface area (Å²) in [7, 11) is 1.59. The molecule has 1 aromatic heterocycles. The maximum atomic E-state index is 5.57. The van der Waals surface area contributed by atoms with E-state index in [0.717, 1.165) is 12.4 Å². The Bertz CT molecular complexity index is 310. The zero-order chi connectivity index (χ0) is 10.7. The molecule has 0 amide bonds. The van der Waals surface area contributed by atoms with Crippen LogP contribution in [0.5, 0.6) is 5.88 Å². The van der Waals surface area contributed by atoms with Crippen LogP contribution >= 0.6 is 0 Å². The molecule has 0 atom stereocenters. The molecule has 0 bridgehead atoms. The highest BCUT2D eigenvalue weighted by Gasteiger charge is 2.29. The standard InChI is InChI=1S/C10H16N4O/c1-15-10-5-4-9(12-13-10)14(7-6-11)8-2-3-8/h4-5,8H,2-3,6-7,11H2,1H3. The van der Waals surface area contributed by atoms with Gasteiger partial charge in [0, 0.05) is 25.2 Å². The Labute approximate surface area is 89.2 Å². The average molecular weight is 208 g/mol. The maximum Gasteiger partial charge on any atom is 0.233 e. The second-order valence-corrected chi connectivity index (χ2v) is 3.65. The lowest BCUT2D eigenvalue weighted by atomic mass is 10.4. The highest BCUT2D eigenvalue weighted by atomic mass is 16.5. The molecule has 1 aromatic rings. The molecule has 82 valence electrons. The van der Waals surface area contributed by atoms with Crippen LogP contribution in [0.15, 0.2) is 12.1 Å². The predicted molar refractivity (Wildman–Crippen MR) is 58.0 cm³/mol. The Kier molecular flexibility index (Phi) is 3.01.